The summed E-state index contributed by atoms with van der Waals surface area (Å²) >= 11 is 0. The van der Waals surface area contributed by atoms with Gasteiger partial charge in [0, 0.05) is 11.4 Å². The van der Waals surface area contributed by atoms with E-state index in [-0.39, 0.29) is 5.91 Å². The normalized spacial score (nSPS) is 10.1. The molecular weight excluding hydrogens is 252 g/mol. The lowest BCUT2D eigenvalue weighted by molar-refractivity contribution is 0.102. The van der Waals surface area contributed by atoms with Gasteiger partial charge in [0.25, 0.3) is 5.91 Å². The van der Waals surface area contributed by atoms with E-state index in [1.165, 1.54) is 7.11 Å². The van der Waals surface area contributed by atoms with E-state index in [4.69, 9.17) is 10.5 Å². The third-order valence-corrected chi connectivity index (χ3v) is 3.15. The molecule has 3 N–H and O–H groups in total. The highest BCUT2D eigenvalue weighted by atomic mass is 16.5. The van der Waals surface area contributed by atoms with Crippen LogP contribution in [-0.4, -0.2) is 13.0 Å². The Balaban J connectivity index is 2.33. The van der Waals surface area contributed by atoms with E-state index in [0.717, 1.165) is 17.7 Å². The number of carbonyl (C=O) groups excluding carboxylic acids is 1. The second-order valence-corrected chi connectivity index (χ2v) is 4.39. The summed E-state index contributed by atoms with van der Waals surface area (Å²) in [7, 11) is 1.52. The molecule has 0 aliphatic carbocycles. The van der Waals surface area contributed by atoms with Crippen LogP contribution in [0, 0.1) is 0 Å². The second-order valence-electron chi connectivity index (χ2n) is 4.39. The molecular formula is C16H18N2O2. The number of benzene rings is 2. The standard InChI is InChI=1S/C16H18N2O2/c1-3-11-7-4-5-9-13(11)18-16(19)15-12(17)8-6-10-14(15)20-2/h4-10H,3,17H2,1-2H3,(H,18,19). The second kappa shape index (κ2) is 6.10. The summed E-state index contributed by atoms with van der Waals surface area (Å²) in [6, 6.07) is 12.9. The van der Waals surface area contributed by atoms with Gasteiger partial charge in [0.1, 0.15) is 11.3 Å². The van der Waals surface area contributed by atoms with Gasteiger partial charge < -0.3 is 15.8 Å². The van der Waals surface area contributed by atoms with Crippen molar-refractivity contribution in [3.05, 3.63) is 53.6 Å². The van der Waals surface area contributed by atoms with Crippen molar-refractivity contribution >= 4 is 17.3 Å². The number of nitrogen functional groups attached to an aromatic ring is 1. The van der Waals surface area contributed by atoms with Crippen molar-refractivity contribution in [3.8, 4) is 5.75 Å². The minimum absolute atomic E-state index is 0.263. The van der Waals surface area contributed by atoms with E-state index in [2.05, 4.69) is 5.32 Å². The molecule has 0 heterocycles. The van der Waals surface area contributed by atoms with Crippen LogP contribution in [0.5, 0.6) is 5.75 Å². The number of ether oxygens (including phenoxy) is 1. The van der Waals surface area contributed by atoms with Crippen molar-refractivity contribution in [1.29, 1.82) is 0 Å². The summed E-state index contributed by atoms with van der Waals surface area (Å²) < 4.78 is 5.20. The van der Waals surface area contributed by atoms with Gasteiger partial charge in [0.15, 0.2) is 0 Å². The summed E-state index contributed by atoms with van der Waals surface area (Å²) in [6.45, 7) is 2.04. The molecule has 0 spiro atoms. The van der Waals surface area contributed by atoms with Crippen LogP contribution >= 0.6 is 0 Å². The Bertz CT molecular complexity index is 624. The molecule has 1 amide bonds. The van der Waals surface area contributed by atoms with E-state index >= 15 is 0 Å². The van der Waals surface area contributed by atoms with Crippen LogP contribution in [0.3, 0.4) is 0 Å². The maximum absolute atomic E-state index is 12.4. The third-order valence-electron chi connectivity index (χ3n) is 3.15. The number of aryl methyl sites for hydroxylation is 1. The van der Waals surface area contributed by atoms with Gasteiger partial charge in [-0.1, -0.05) is 31.2 Å². The van der Waals surface area contributed by atoms with E-state index in [9.17, 15) is 4.79 Å². The van der Waals surface area contributed by atoms with Gasteiger partial charge >= 0.3 is 0 Å². The summed E-state index contributed by atoms with van der Waals surface area (Å²) in [4.78, 5) is 12.4. The molecule has 0 radical (unpaired) electrons. The van der Waals surface area contributed by atoms with E-state index < -0.39 is 0 Å². The number of hydrogen-bond donors (Lipinski definition) is 2. The zero-order valence-electron chi connectivity index (χ0n) is 11.6. The average molecular weight is 270 g/mol. The Morgan fingerprint density at radius 2 is 1.95 bits per heavy atom. The summed E-state index contributed by atoms with van der Waals surface area (Å²) in [6.07, 6.45) is 0.845. The van der Waals surface area contributed by atoms with Crippen LogP contribution in [0.1, 0.15) is 22.8 Å². The monoisotopic (exact) mass is 270 g/mol. The number of hydrogen-bond acceptors (Lipinski definition) is 3. The molecule has 4 heteroatoms. The van der Waals surface area contributed by atoms with Crippen molar-refractivity contribution in [2.75, 3.05) is 18.2 Å². The third kappa shape index (κ3) is 2.74. The zero-order chi connectivity index (χ0) is 14.5. The van der Waals surface area contributed by atoms with Gasteiger partial charge in [-0.25, -0.2) is 0 Å². The maximum atomic E-state index is 12.4. The topological polar surface area (TPSA) is 64.4 Å². The molecule has 4 nitrogen and oxygen atoms in total. The first-order valence-corrected chi connectivity index (χ1v) is 6.49. The first-order valence-electron chi connectivity index (χ1n) is 6.49. The smallest absolute Gasteiger partial charge is 0.261 e. The fourth-order valence-corrected chi connectivity index (χ4v) is 2.10. The first-order chi connectivity index (χ1) is 9.67. The highest BCUT2D eigenvalue weighted by molar-refractivity contribution is 6.10. The van der Waals surface area contributed by atoms with Crippen molar-refractivity contribution in [2.24, 2.45) is 0 Å². The molecule has 2 aromatic rings. The largest absolute Gasteiger partial charge is 0.496 e. The minimum atomic E-state index is -0.263. The van der Waals surface area contributed by atoms with Crippen molar-refractivity contribution < 1.29 is 9.53 Å². The fourth-order valence-electron chi connectivity index (χ4n) is 2.10. The van der Waals surface area contributed by atoms with Crippen LogP contribution in [0.2, 0.25) is 0 Å². The fraction of sp³-hybridized carbons (Fsp3) is 0.188. The number of nitrogens with two attached hydrogens (primary N) is 1. The lowest BCUT2D eigenvalue weighted by Crippen LogP contribution is -2.16. The number of para-hydroxylation sites is 1. The van der Waals surface area contributed by atoms with E-state index in [1.54, 1.807) is 18.2 Å². The van der Waals surface area contributed by atoms with Gasteiger partial charge in [-0.3, -0.25) is 4.79 Å². The summed E-state index contributed by atoms with van der Waals surface area (Å²) in [5.41, 5.74) is 8.52. The van der Waals surface area contributed by atoms with Gasteiger partial charge in [0.2, 0.25) is 0 Å². The van der Waals surface area contributed by atoms with E-state index in [0.29, 0.717) is 17.0 Å². The highest BCUT2D eigenvalue weighted by Crippen LogP contribution is 2.26. The molecule has 0 unspecified atom stereocenters. The lowest BCUT2D eigenvalue weighted by Gasteiger charge is -2.13. The van der Waals surface area contributed by atoms with Crippen molar-refractivity contribution in [3.63, 3.8) is 0 Å². The molecule has 0 aliphatic rings. The van der Waals surface area contributed by atoms with Gasteiger partial charge in [-0.15, -0.1) is 0 Å². The van der Waals surface area contributed by atoms with Crippen molar-refractivity contribution in [2.45, 2.75) is 13.3 Å². The molecule has 2 rings (SSSR count). The molecule has 0 saturated carbocycles. The van der Waals surface area contributed by atoms with Crippen LogP contribution < -0.4 is 15.8 Å². The summed E-state index contributed by atoms with van der Waals surface area (Å²) in [5.74, 6) is 0.206. The maximum Gasteiger partial charge on any atom is 0.261 e. The number of amides is 1. The van der Waals surface area contributed by atoms with E-state index in [1.807, 2.05) is 31.2 Å². The number of carbonyl (C=O) groups is 1. The van der Waals surface area contributed by atoms with Gasteiger partial charge in [0.05, 0.1) is 7.11 Å². The molecule has 0 fully saturated rings. The predicted octanol–water partition coefficient (Wildman–Crippen LogP) is 3.09. The Morgan fingerprint density at radius 1 is 1.20 bits per heavy atom. The SMILES string of the molecule is CCc1ccccc1NC(=O)c1c(N)cccc1OC. The minimum Gasteiger partial charge on any atom is -0.496 e. The molecule has 104 valence electrons. The molecule has 0 bridgehead atoms. The molecule has 0 atom stereocenters. The highest BCUT2D eigenvalue weighted by Gasteiger charge is 2.16. The van der Waals surface area contributed by atoms with Crippen molar-refractivity contribution in [1.82, 2.24) is 0 Å². The Labute approximate surface area is 118 Å². The quantitative estimate of drug-likeness (QED) is 0.839. The molecule has 20 heavy (non-hydrogen) atoms. The Morgan fingerprint density at radius 3 is 2.65 bits per heavy atom. The predicted molar refractivity (Wildman–Crippen MR) is 81.2 cm³/mol. The van der Waals surface area contributed by atoms with Crippen LogP contribution in [-0.2, 0) is 6.42 Å². The number of rotatable bonds is 4. The molecule has 0 saturated heterocycles. The first kappa shape index (κ1) is 13.9. The Hall–Kier alpha value is -2.49. The molecule has 0 aliphatic heterocycles. The van der Waals surface area contributed by atoms with Crippen LogP contribution in [0.4, 0.5) is 11.4 Å². The molecule has 0 aromatic heterocycles. The number of nitrogens with one attached hydrogen (secondary N) is 1. The molecule has 2 aromatic carbocycles. The van der Waals surface area contributed by atoms with Gasteiger partial charge in [-0.2, -0.15) is 0 Å². The van der Waals surface area contributed by atoms with Gasteiger partial charge in [-0.05, 0) is 30.2 Å². The summed E-state index contributed by atoms with van der Waals surface area (Å²) in [5, 5.41) is 2.89. The van der Waals surface area contributed by atoms with Crippen LogP contribution in [0.15, 0.2) is 42.5 Å². The zero-order valence-corrected chi connectivity index (χ0v) is 11.6. The van der Waals surface area contributed by atoms with Crippen LogP contribution in [0.25, 0.3) is 0 Å². The average Bonchev–Trinajstić information content (AvgIpc) is 2.47. The lowest BCUT2D eigenvalue weighted by atomic mass is 10.1. The Kier molecular flexibility index (Phi) is 4.25. The number of anilines is 2. The number of methoxy groups -OCH3 is 1.